The van der Waals surface area contributed by atoms with Crippen molar-refractivity contribution in [2.24, 2.45) is 0 Å². The first-order valence-corrected chi connectivity index (χ1v) is 6.70. The van der Waals surface area contributed by atoms with Gasteiger partial charge >= 0.3 is 6.09 Å². The summed E-state index contributed by atoms with van der Waals surface area (Å²) in [6.45, 7) is 7.49. The van der Waals surface area contributed by atoms with E-state index in [9.17, 15) is 4.79 Å². The molecule has 1 heterocycles. The lowest BCUT2D eigenvalue weighted by Crippen LogP contribution is -2.21. The Morgan fingerprint density at radius 3 is 2.37 bits per heavy atom. The Balaban J connectivity index is 2.68. The standard InChI is InChI=1S/C11H16Cl3N3O2/c1-6-7(16-8(15-6)10(2,3)4)17-9(18)19-5-11(12,13)14/h5H2,1-4H3,(H,15,16)(H,17,18). The lowest BCUT2D eigenvalue weighted by molar-refractivity contribution is 0.164. The number of amides is 1. The van der Waals surface area contributed by atoms with Crippen LogP contribution in [0.4, 0.5) is 10.6 Å². The SMILES string of the molecule is Cc1[nH]c(C(C)(C)C)nc1NC(=O)OCC(Cl)(Cl)Cl. The van der Waals surface area contributed by atoms with Crippen LogP contribution in [0.2, 0.25) is 0 Å². The summed E-state index contributed by atoms with van der Waals surface area (Å²) in [7, 11) is 0. The topological polar surface area (TPSA) is 67.0 Å². The number of anilines is 1. The molecule has 0 saturated carbocycles. The van der Waals surface area contributed by atoms with Crippen molar-refractivity contribution in [1.82, 2.24) is 9.97 Å². The Hall–Kier alpha value is -0.650. The molecule has 1 amide bonds. The summed E-state index contributed by atoms with van der Waals surface area (Å²) in [5.41, 5.74) is 0.586. The Kier molecular flexibility index (Phi) is 4.98. The van der Waals surface area contributed by atoms with Crippen LogP contribution < -0.4 is 5.32 Å². The van der Waals surface area contributed by atoms with Gasteiger partial charge in [-0.15, -0.1) is 0 Å². The third-order valence-corrected chi connectivity index (χ3v) is 2.51. The maximum atomic E-state index is 11.5. The van der Waals surface area contributed by atoms with Gasteiger partial charge in [-0.1, -0.05) is 55.6 Å². The maximum absolute atomic E-state index is 11.5. The van der Waals surface area contributed by atoms with Crippen LogP contribution in [-0.2, 0) is 10.2 Å². The van der Waals surface area contributed by atoms with Crippen molar-refractivity contribution in [2.75, 3.05) is 11.9 Å². The molecule has 0 spiro atoms. The average Bonchev–Trinajstić information content (AvgIpc) is 2.56. The molecule has 8 heteroatoms. The second-order valence-corrected chi connectivity index (χ2v) is 7.64. The minimum Gasteiger partial charge on any atom is -0.445 e. The van der Waals surface area contributed by atoms with Gasteiger partial charge < -0.3 is 9.72 Å². The second-order valence-electron chi connectivity index (χ2n) is 5.13. The molecule has 19 heavy (non-hydrogen) atoms. The second kappa shape index (κ2) is 5.77. The number of nitrogens with zero attached hydrogens (tertiary/aromatic N) is 1. The minimum atomic E-state index is -1.63. The van der Waals surface area contributed by atoms with Crippen LogP contribution >= 0.6 is 34.8 Å². The van der Waals surface area contributed by atoms with Crippen LogP contribution in [0.5, 0.6) is 0 Å². The molecule has 0 atom stereocenters. The third-order valence-electron chi connectivity index (χ3n) is 2.18. The molecule has 1 rings (SSSR count). The van der Waals surface area contributed by atoms with Crippen LogP contribution in [0.25, 0.3) is 0 Å². The van der Waals surface area contributed by atoms with Gasteiger partial charge in [-0.25, -0.2) is 9.78 Å². The fourth-order valence-corrected chi connectivity index (χ4v) is 1.38. The normalized spacial score (nSPS) is 12.4. The largest absolute Gasteiger partial charge is 0.445 e. The van der Waals surface area contributed by atoms with Crippen LogP contribution in [0.3, 0.4) is 0 Å². The monoisotopic (exact) mass is 327 g/mol. The number of ether oxygens (including phenoxy) is 1. The Labute approximate surface area is 127 Å². The zero-order valence-electron chi connectivity index (χ0n) is 11.1. The summed E-state index contributed by atoms with van der Waals surface area (Å²) in [6, 6.07) is 0. The molecule has 108 valence electrons. The third kappa shape index (κ3) is 5.47. The number of imidazole rings is 1. The molecule has 0 unspecified atom stereocenters. The molecule has 1 aromatic heterocycles. The average molecular weight is 329 g/mol. The van der Waals surface area contributed by atoms with Crippen molar-refractivity contribution in [3.63, 3.8) is 0 Å². The number of halogens is 3. The van der Waals surface area contributed by atoms with Gasteiger partial charge in [0.2, 0.25) is 3.79 Å². The molecule has 0 aliphatic carbocycles. The summed E-state index contributed by atoms with van der Waals surface area (Å²) >= 11 is 16.4. The van der Waals surface area contributed by atoms with Crippen LogP contribution in [0, 0.1) is 6.92 Å². The van der Waals surface area contributed by atoms with E-state index in [0.29, 0.717) is 5.82 Å². The quantitative estimate of drug-likeness (QED) is 0.808. The minimum absolute atomic E-state index is 0.147. The smallest absolute Gasteiger partial charge is 0.413 e. The van der Waals surface area contributed by atoms with E-state index in [1.54, 1.807) is 6.92 Å². The van der Waals surface area contributed by atoms with E-state index in [0.717, 1.165) is 11.5 Å². The number of carbonyl (C=O) groups excluding carboxylic acids is 1. The van der Waals surface area contributed by atoms with E-state index in [1.165, 1.54) is 0 Å². The van der Waals surface area contributed by atoms with Crippen LogP contribution in [0.15, 0.2) is 0 Å². The maximum Gasteiger partial charge on any atom is 0.413 e. The molecular weight excluding hydrogens is 312 g/mol. The number of aryl methyl sites for hydroxylation is 1. The number of hydrogen-bond donors (Lipinski definition) is 2. The van der Waals surface area contributed by atoms with Crippen LogP contribution in [-0.4, -0.2) is 26.5 Å². The zero-order valence-corrected chi connectivity index (χ0v) is 13.4. The van der Waals surface area contributed by atoms with E-state index in [1.807, 2.05) is 20.8 Å². The number of aromatic nitrogens is 2. The van der Waals surface area contributed by atoms with Gasteiger partial charge in [0.05, 0.1) is 5.69 Å². The fraction of sp³-hybridized carbons (Fsp3) is 0.636. The van der Waals surface area contributed by atoms with Crippen molar-refractivity contribution in [3.8, 4) is 0 Å². The van der Waals surface area contributed by atoms with E-state index in [2.05, 4.69) is 15.3 Å². The summed E-state index contributed by atoms with van der Waals surface area (Å²) < 4.78 is 3.13. The van der Waals surface area contributed by atoms with Crippen molar-refractivity contribution in [3.05, 3.63) is 11.5 Å². The highest BCUT2D eigenvalue weighted by atomic mass is 35.6. The summed E-state index contributed by atoms with van der Waals surface area (Å²) in [6.07, 6.45) is -0.721. The highest BCUT2D eigenvalue weighted by Gasteiger charge is 2.24. The molecule has 0 radical (unpaired) electrons. The van der Waals surface area contributed by atoms with E-state index in [4.69, 9.17) is 39.5 Å². The molecular formula is C11H16Cl3N3O2. The first-order chi connectivity index (χ1) is 8.49. The van der Waals surface area contributed by atoms with Crippen molar-refractivity contribution in [2.45, 2.75) is 36.9 Å². The Bertz CT molecular complexity index is 461. The number of H-pyrrole nitrogens is 1. The highest BCUT2D eigenvalue weighted by Crippen LogP contribution is 2.26. The molecule has 0 saturated heterocycles. The fourth-order valence-electron chi connectivity index (χ4n) is 1.22. The summed E-state index contributed by atoms with van der Waals surface area (Å²) in [5.74, 6) is 1.17. The van der Waals surface area contributed by atoms with Crippen molar-refractivity contribution in [1.29, 1.82) is 0 Å². The number of rotatable bonds is 2. The number of carbonyl (C=O) groups is 1. The summed E-state index contributed by atoms with van der Waals surface area (Å²) in [4.78, 5) is 18.9. The van der Waals surface area contributed by atoms with Gasteiger partial charge in [0.15, 0.2) is 5.82 Å². The molecule has 1 aromatic rings. The highest BCUT2D eigenvalue weighted by molar-refractivity contribution is 6.67. The molecule has 0 bridgehead atoms. The van der Waals surface area contributed by atoms with Gasteiger partial charge in [0.1, 0.15) is 12.4 Å². The van der Waals surface area contributed by atoms with Crippen molar-refractivity contribution < 1.29 is 9.53 Å². The molecule has 0 aromatic carbocycles. The van der Waals surface area contributed by atoms with E-state index < -0.39 is 9.89 Å². The molecule has 0 aliphatic heterocycles. The number of nitrogens with one attached hydrogen (secondary N) is 2. The van der Waals surface area contributed by atoms with Gasteiger partial charge in [-0.05, 0) is 6.92 Å². The van der Waals surface area contributed by atoms with Gasteiger partial charge in [0, 0.05) is 5.41 Å². The molecule has 5 nitrogen and oxygen atoms in total. The number of aromatic amines is 1. The Morgan fingerprint density at radius 2 is 1.95 bits per heavy atom. The molecule has 2 N–H and O–H groups in total. The molecule has 0 fully saturated rings. The Morgan fingerprint density at radius 1 is 1.37 bits per heavy atom. The van der Waals surface area contributed by atoms with E-state index >= 15 is 0 Å². The van der Waals surface area contributed by atoms with Gasteiger partial charge in [-0.2, -0.15) is 0 Å². The van der Waals surface area contributed by atoms with E-state index in [-0.39, 0.29) is 12.0 Å². The zero-order chi connectivity index (χ0) is 14.8. The summed E-state index contributed by atoms with van der Waals surface area (Å²) in [5, 5.41) is 2.50. The lowest BCUT2D eigenvalue weighted by atomic mass is 9.96. The predicted molar refractivity (Wildman–Crippen MR) is 77.3 cm³/mol. The number of hydrogen-bond acceptors (Lipinski definition) is 3. The van der Waals surface area contributed by atoms with Crippen molar-refractivity contribution >= 4 is 46.7 Å². The number of alkyl halides is 3. The van der Waals surface area contributed by atoms with Gasteiger partial charge in [-0.3, -0.25) is 5.32 Å². The lowest BCUT2D eigenvalue weighted by Gasteiger charge is -2.14. The first kappa shape index (κ1) is 16.4. The van der Waals surface area contributed by atoms with Gasteiger partial charge in [0.25, 0.3) is 0 Å². The van der Waals surface area contributed by atoms with Crippen LogP contribution in [0.1, 0.15) is 32.3 Å². The predicted octanol–water partition coefficient (Wildman–Crippen LogP) is 3.93. The molecule has 0 aliphatic rings. The first-order valence-electron chi connectivity index (χ1n) is 5.56.